The molecule has 2 rings (SSSR count). The van der Waals surface area contributed by atoms with Gasteiger partial charge in [0.2, 0.25) is 5.91 Å². The number of amides is 1. The van der Waals surface area contributed by atoms with Crippen LogP contribution >= 0.6 is 0 Å². The third kappa shape index (κ3) is 7.26. The minimum atomic E-state index is -0.0436. The van der Waals surface area contributed by atoms with Crippen LogP contribution in [-0.2, 0) is 4.79 Å². The molecule has 0 atom stereocenters. The second-order valence-corrected chi connectivity index (χ2v) is 6.49. The number of carbonyl (C=O) groups excluding carboxylic acids is 2. The zero-order valence-corrected chi connectivity index (χ0v) is 15.3. The molecule has 1 fully saturated rings. The topological polar surface area (TPSA) is 58.6 Å². The number of likely N-dealkylation sites (tertiary alicyclic amines) is 1. The second kappa shape index (κ2) is 10.9. The van der Waals surface area contributed by atoms with Gasteiger partial charge in [0.25, 0.3) is 0 Å². The number of nitrogens with zero attached hydrogens (tertiary/aromatic N) is 1. The quantitative estimate of drug-likeness (QED) is 0.522. The van der Waals surface area contributed by atoms with Gasteiger partial charge >= 0.3 is 0 Å². The number of hydrogen-bond donors (Lipinski definition) is 1. The minimum absolute atomic E-state index is 0.00786. The Bertz CT molecular complexity index is 536. The van der Waals surface area contributed by atoms with E-state index in [2.05, 4.69) is 10.2 Å². The highest BCUT2D eigenvalue weighted by Crippen LogP contribution is 2.14. The molecule has 0 saturated carbocycles. The molecular formula is C20H30N2O3. The summed E-state index contributed by atoms with van der Waals surface area (Å²) in [6.07, 6.45) is 5.38. The van der Waals surface area contributed by atoms with Gasteiger partial charge in [0, 0.05) is 24.9 Å². The summed E-state index contributed by atoms with van der Waals surface area (Å²) in [5.74, 6) is 0.704. The van der Waals surface area contributed by atoms with Crippen molar-refractivity contribution in [3.8, 4) is 5.75 Å². The van der Waals surface area contributed by atoms with Crippen LogP contribution in [0.1, 0.15) is 55.8 Å². The summed E-state index contributed by atoms with van der Waals surface area (Å²) in [5, 5.41) is 2.92. The zero-order valence-electron chi connectivity index (χ0n) is 15.3. The third-order valence-corrected chi connectivity index (χ3v) is 4.49. The summed E-state index contributed by atoms with van der Waals surface area (Å²) in [6.45, 7) is 6.63. The molecule has 1 aromatic rings. The zero-order chi connectivity index (χ0) is 17.9. The van der Waals surface area contributed by atoms with Crippen molar-refractivity contribution in [3.63, 3.8) is 0 Å². The monoisotopic (exact) mass is 346 g/mol. The maximum atomic E-state index is 12.1. The van der Waals surface area contributed by atoms with E-state index in [-0.39, 0.29) is 24.5 Å². The Balaban J connectivity index is 1.59. The predicted molar refractivity (Wildman–Crippen MR) is 99.1 cm³/mol. The molecule has 0 unspecified atom stereocenters. The van der Waals surface area contributed by atoms with Gasteiger partial charge in [-0.15, -0.1) is 0 Å². The van der Waals surface area contributed by atoms with Crippen molar-refractivity contribution in [2.45, 2.75) is 45.4 Å². The fraction of sp³-hybridized carbons (Fsp3) is 0.600. The van der Waals surface area contributed by atoms with Crippen LogP contribution in [0, 0.1) is 0 Å². The van der Waals surface area contributed by atoms with E-state index < -0.39 is 0 Å². The van der Waals surface area contributed by atoms with Crippen LogP contribution < -0.4 is 10.1 Å². The SMILES string of the molecule is CCOc1ccc(C(=O)CCC(=O)NCCCN2CCCCC2)cc1. The Morgan fingerprint density at radius 1 is 1.08 bits per heavy atom. The van der Waals surface area contributed by atoms with Crippen molar-refractivity contribution in [1.82, 2.24) is 10.2 Å². The van der Waals surface area contributed by atoms with Gasteiger partial charge in [0.1, 0.15) is 5.75 Å². The smallest absolute Gasteiger partial charge is 0.220 e. The molecular weight excluding hydrogens is 316 g/mol. The Morgan fingerprint density at radius 3 is 2.48 bits per heavy atom. The number of ketones is 1. The number of piperidine rings is 1. The lowest BCUT2D eigenvalue weighted by molar-refractivity contribution is -0.121. The van der Waals surface area contributed by atoms with E-state index in [0.717, 1.165) is 18.7 Å². The molecule has 1 aliphatic heterocycles. The Morgan fingerprint density at radius 2 is 1.80 bits per heavy atom. The highest BCUT2D eigenvalue weighted by atomic mass is 16.5. The number of carbonyl (C=O) groups is 2. The fourth-order valence-electron chi connectivity index (χ4n) is 3.08. The third-order valence-electron chi connectivity index (χ3n) is 4.49. The molecule has 0 aromatic heterocycles. The number of Topliss-reactive ketones (excluding diaryl/α,β-unsaturated/α-hetero) is 1. The van der Waals surface area contributed by atoms with Crippen molar-refractivity contribution < 1.29 is 14.3 Å². The van der Waals surface area contributed by atoms with Crippen LogP contribution in [0.5, 0.6) is 5.75 Å². The van der Waals surface area contributed by atoms with Crippen LogP contribution in [0.25, 0.3) is 0 Å². The number of nitrogens with one attached hydrogen (secondary N) is 1. The van der Waals surface area contributed by atoms with E-state index in [4.69, 9.17) is 4.74 Å². The summed E-state index contributed by atoms with van der Waals surface area (Å²) in [5.41, 5.74) is 0.626. The van der Waals surface area contributed by atoms with Crippen LogP contribution in [-0.4, -0.2) is 49.4 Å². The lowest BCUT2D eigenvalue weighted by Gasteiger charge is -2.26. The molecule has 138 valence electrons. The molecule has 0 radical (unpaired) electrons. The normalized spacial score (nSPS) is 14.9. The summed E-state index contributed by atoms with van der Waals surface area (Å²) >= 11 is 0. The summed E-state index contributed by atoms with van der Waals surface area (Å²) in [4.78, 5) is 26.5. The largest absolute Gasteiger partial charge is 0.494 e. The van der Waals surface area contributed by atoms with E-state index >= 15 is 0 Å². The lowest BCUT2D eigenvalue weighted by Crippen LogP contribution is -2.33. The maximum Gasteiger partial charge on any atom is 0.220 e. The Kier molecular flexibility index (Phi) is 8.46. The standard InChI is InChI=1S/C20H30N2O3/c1-2-25-18-9-7-17(8-10-18)19(23)11-12-20(24)21-13-6-16-22-14-4-3-5-15-22/h7-10H,2-6,11-16H2,1H3,(H,21,24). The van der Waals surface area contributed by atoms with E-state index in [1.54, 1.807) is 24.3 Å². The van der Waals surface area contributed by atoms with Crippen molar-refractivity contribution in [2.24, 2.45) is 0 Å². The Hall–Kier alpha value is -1.88. The molecule has 0 spiro atoms. The van der Waals surface area contributed by atoms with E-state index in [9.17, 15) is 9.59 Å². The molecule has 1 aromatic carbocycles. The molecule has 0 aliphatic carbocycles. The van der Waals surface area contributed by atoms with Crippen molar-refractivity contribution >= 4 is 11.7 Å². The maximum absolute atomic E-state index is 12.1. The number of rotatable bonds is 10. The summed E-state index contributed by atoms with van der Waals surface area (Å²) in [6, 6.07) is 7.09. The first-order valence-corrected chi connectivity index (χ1v) is 9.44. The van der Waals surface area contributed by atoms with Crippen LogP contribution in [0.2, 0.25) is 0 Å². The van der Waals surface area contributed by atoms with E-state index in [1.165, 1.54) is 32.4 Å². The van der Waals surface area contributed by atoms with Gasteiger partial charge in [0.15, 0.2) is 5.78 Å². The number of benzene rings is 1. The number of ether oxygens (including phenoxy) is 1. The summed E-state index contributed by atoms with van der Waals surface area (Å²) < 4.78 is 5.36. The predicted octanol–water partition coefficient (Wildman–Crippen LogP) is 3.04. The van der Waals surface area contributed by atoms with Crippen molar-refractivity contribution in [3.05, 3.63) is 29.8 Å². The van der Waals surface area contributed by atoms with Gasteiger partial charge in [-0.2, -0.15) is 0 Å². The average Bonchev–Trinajstić information content (AvgIpc) is 2.65. The van der Waals surface area contributed by atoms with Gasteiger partial charge < -0.3 is 15.0 Å². The first kappa shape index (κ1) is 19.4. The molecule has 1 N–H and O–H groups in total. The van der Waals surface area contributed by atoms with E-state index in [1.807, 2.05) is 6.92 Å². The van der Waals surface area contributed by atoms with Crippen LogP contribution in [0.3, 0.4) is 0 Å². The average molecular weight is 346 g/mol. The Labute approximate surface area is 150 Å². The first-order valence-electron chi connectivity index (χ1n) is 9.44. The molecule has 1 amide bonds. The minimum Gasteiger partial charge on any atom is -0.494 e. The van der Waals surface area contributed by atoms with Crippen molar-refractivity contribution in [1.29, 1.82) is 0 Å². The number of hydrogen-bond acceptors (Lipinski definition) is 4. The van der Waals surface area contributed by atoms with Gasteiger partial charge in [-0.05, 0) is 70.1 Å². The van der Waals surface area contributed by atoms with Gasteiger partial charge in [-0.1, -0.05) is 6.42 Å². The van der Waals surface area contributed by atoms with Gasteiger partial charge in [0.05, 0.1) is 6.61 Å². The van der Waals surface area contributed by atoms with Crippen LogP contribution in [0.4, 0.5) is 0 Å². The molecule has 0 bridgehead atoms. The van der Waals surface area contributed by atoms with Crippen LogP contribution in [0.15, 0.2) is 24.3 Å². The summed E-state index contributed by atoms with van der Waals surface area (Å²) in [7, 11) is 0. The second-order valence-electron chi connectivity index (χ2n) is 6.49. The molecule has 1 heterocycles. The lowest BCUT2D eigenvalue weighted by atomic mass is 10.1. The molecule has 1 aliphatic rings. The molecule has 5 nitrogen and oxygen atoms in total. The van der Waals surface area contributed by atoms with Crippen molar-refractivity contribution in [2.75, 3.05) is 32.8 Å². The first-order chi connectivity index (χ1) is 12.2. The van der Waals surface area contributed by atoms with Gasteiger partial charge in [-0.25, -0.2) is 0 Å². The molecule has 5 heteroatoms. The molecule has 1 saturated heterocycles. The molecule has 25 heavy (non-hydrogen) atoms. The highest BCUT2D eigenvalue weighted by molar-refractivity contribution is 5.98. The highest BCUT2D eigenvalue weighted by Gasteiger charge is 2.11. The fourth-order valence-corrected chi connectivity index (χ4v) is 3.08. The van der Waals surface area contributed by atoms with Gasteiger partial charge in [-0.3, -0.25) is 9.59 Å². The van der Waals surface area contributed by atoms with E-state index in [0.29, 0.717) is 18.7 Å².